The van der Waals surface area contributed by atoms with E-state index in [1.807, 2.05) is 4.90 Å². The number of hydrogen-bond acceptors (Lipinski definition) is 5. The van der Waals surface area contributed by atoms with Gasteiger partial charge < -0.3 is 0 Å². The van der Waals surface area contributed by atoms with Crippen LogP contribution < -0.4 is 5.32 Å². The van der Waals surface area contributed by atoms with Crippen molar-refractivity contribution in [1.29, 1.82) is 0 Å². The lowest BCUT2D eigenvalue weighted by Gasteiger charge is -2.33. The molecule has 2 aromatic carbocycles. The number of alkyl halides is 3. The zero-order valence-electron chi connectivity index (χ0n) is 19.2. The molecule has 0 saturated carbocycles. The van der Waals surface area contributed by atoms with E-state index < -0.39 is 11.7 Å². The number of rotatable bonds is 4. The number of carbonyl (C=O) groups is 2. The summed E-state index contributed by atoms with van der Waals surface area (Å²) in [6.45, 7) is 3.04. The molecule has 0 bridgehead atoms. The average Bonchev–Trinajstić information content (AvgIpc) is 3.15. The Kier molecular flexibility index (Phi) is 6.67. The Morgan fingerprint density at radius 1 is 1.03 bits per heavy atom. The number of thiol groups is 1. The molecule has 0 aliphatic carbocycles. The third kappa shape index (κ3) is 5.13. The fourth-order valence-corrected chi connectivity index (χ4v) is 6.00. The fraction of sp³-hybridized carbons (Fsp3) is 0.462. The van der Waals surface area contributed by atoms with E-state index in [1.165, 1.54) is 12.1 Å². The highest BCUT2D eigenvalue weighted by atomic mass is 32.1. The first-order valence-corrected chi connectivity index (χ1v) is 12.5. The van der Waals surface area contributed by atoms with Gasteiger partial charge in [0.05, 0.1) is 17.0 Å². The molecule has 0 radical (unpaired) electrons. The Morgan fingerprint density at radius 3 is 2.51 bits per heavy atom. The minimum atomic E-state index is -4.32. The molecule has 9 heteroatoms. The largest absolute Gasteiger partial charge is 0.416 e. The molecule has 3 aliphatic heterocycles. The van der Waals surface area contributed by atoms with Crippen molar-refractivity contribution in [1.82, 2.24) is 15.1 Å². The Morgan fingerprint density at radius 2 is 1.80 bits per heavy atom. The predicted octanol–water partition coefficient (Wildman–Crippen LogP) is 4.63. The number of fused-ring (bicyclic) bond motifs is 1. The molecule has 186 valence electrons. The molecule has 5 rings (SSSR count). The van der Waals surface area contributed by atoms with Crippen LogP contribution in [-0.2, 0) is 28.9 Å². The number of amides is 2. The number of imide groups is 1. The monoisotopic (exact) mass is 503 g/mol. The second-order valence-corrected chi connectivity index (χ2v) is 10.2. The zero-order chi connectivity index (χ0) is 24.7. The van der Waals surface area contributed by atoms with Crippen molar-refractivity contribution in [2.45, 2.75) is 62.3 Å². The third-order valence-corrected chi connectivity index (χ3v) is 8.02. The lowest BCUT2D eigenvalue weighted by molar-refractivity contribution is -0.138. The van der Waals surface area contributed by atoms with E-state index in [-0.39, 0.29) is 29.1 Å². The van der Waals surface area contributed by atoms with Crippen molar-refractivity contribution in [3.8, 4) is 0 Å². The standard InChI is InChI=1S/C26H28F3N3O2S/c27-26(28,29)20-3-1-2-18(13-20)17-8-10-31(11-9-17)14-16-4-5-19-15-32(25(35)21(19)12-16)22-6-7-23(33)30-24(22)34/h1-5,12-13,17,22,25,35H,6-11,14-15H2,(H,30,33,34). The van der Waals surface area contributed by atoms with Crippen LogP contribution in [0.4, 0.5) is 13.2 Å². The average molecular weight is 504 g/mol. The number of piperidine rings is 2. The number of nitrogens with zero attached hydrogens (tertiary/aromatic N) is 2. The number of nitrogens with one attached hydrogen (secondary N) is 1. The first kappa shape index (κ1) is 24.3. The van der Waals surface area contributed by atoms with Crippen LogP contribution in [0.15, 0.2) is 42.5 Å². The van der Waals surface area contributed by atoms with Gasteiger partial charge in [0.2, 0.25) is 11.8 Å². The summed E-state index contributed by atoms with van der Waals surface area (Å²) >= 11 is 4.80. The van der Waals surface area contributed by atoms with Crippen LogP contribution >= 0.6 is 12.6 Å². The number of carbonyl (C=O) groups excluding carboxylic acids is 2. The van der Waals surface area contributed by atoms with Gasteiger partial charge in [-0.05, 0) is 66.6 Å². The van der Waals surface area contributed by atoms with Crippen molar-refractivity contribution in [3.63, 3.8) is 0 Å². The van der Waals surface area contributed by atoms with E-state index >= 15 is 0 Å². The van der Waals surface area contributed by atoms with E-state index in [9.17, 15) is 22.8 Å². The van der Waals surface area contributed by atoms with Gasteiger partial charge >= 0.3 is 6.18 Å². The normalized spacial score (nSPS) is 24.5. The first-order valence-electron chi connectivity index (χ1n) is 12.0. The van der Waals surface area contributed by atoms with Gasteiger partial charge in [-0.3, -0.25) is 24.7 Å². The highest BCUT2D eigenvalue weighted by Crippen LogP contribution is 2.40. The Bertz CT molecular complexity index is 1130. The summed E-state index contributed by atoms with van der Waals surface area (Å²) in [5.41, 5.74) is 3.58. The molecule has 0 aromatic heterocycles. The molecular formula is C26H28F3N3O2S. The molecule has 2 atom stereocenters. The number of benzene rings is 2. The molecule has 2 fully saturated rings. The summed E-state index contributed by atoms with van der Waals surface area (Å²) in [7, 11) is 0. The maximum atomic E-state index is 13.1. The van der Waals surface area contributed by atoms with Gasteiger partial charge in [0.15, 0.2) is 0 Å². The lowest BCUT2D eigenvalue weighted by Crippen LogP contribution is -2.51. The van der Waals surface area contributed by atoms with E-state index in [4.69, 9.17) is 12.6 Å². The molecule has 1 N–H and O–H groups in total. The molecule has 2 amide bonds. The summed E-state index contributed by atoms with van der Waals surface area (Å²) in [6, 6.07) is 11.7. The van der Waals surface area contributed by atoms with Crippen molar-refractivity contribution < 1.29 is 22.8 Å². The summed E-state index contributed by atoms with van der Waals surface area (Å²) in [6.07, 6.45) is -1.83. The third-order valence-electron chi connectivity index (χ3n) is 7.45. The highest BCUT2D eigenvalue weighted by molar-refractivity contribution is 7.80. The van der Waals surface area contributed by atoms with Gasteiger partial charge in [0.25, 0.3) is 0 Å². The highest BCUT2D eigenvalue weighted by Gasteiger charge is 2.39. The van der Waals surface area contributed by atoms with Gasteiger partial charge in [0, 0.05) is 19.5 Å². The fourth-order valence-electron chi connectivity index (χ4n) is 5.52. The molecule has 3 aliphatic rings. The van der Waals surface area contributed by atoms with Crippen LogP contribution in [0.2, 0.25) is 0 Å². The van der Waals surface area contributed by atoms with Crippen molar-refractivity contribution >= 4 is 24.4 Å². The Balaban J connectivity index is 1.20. The number of likely N-dealkylation sites (tertiary alicyclic amines) is 1. The summed E-state index contributed by atoms with van der Waals surface area (Å²) in [4.78, 5) is 28.2. The molecule has 3 heterocycles. The van der Waals surface area contributed by atoms with Crippen LogP contribution in [-0.4, -0.2) is 40.7 Å². The summed E-state index contributed by atoms with van der Waals surface area (Å²) in [5, 5.41) is 2.22. The molecule has 5 nitrogen and oxygen atoms in total. The smallest absolute Gasteiger partial charge is 0.299 e. The molecular weight excluding hydrogens is 475 g/mol. The summed E-state index contributed by atoms with van der Waals surface area (Å²) < 4.78 is 39.2. The van der Waals surface area contributed by atoms with Gasteiger partial charge in [-0.2, -0.15) is 25.8 Å². The van der Waals surface area contributed by atoms with Crippen molar-refractivity contribution in [3.05, 3.63) is 70.3 Å². The molecule has 2 saturated heterocycles. The molecule has 0 spiro atoms. The van der Waals surface area contributed by atoms with Gasteiger partial charge in [-0.1, -0.05) is 36.4 Å². The topological polar surface area (TPSA) is 52.7 Å². The van der Waals surface area contributed by atoms with E-state index in [0.29, 0.717) is 19.4 Å². The maximum Gasteiger partial charge on any atom is 0.416 e. The lowest BCUT2D eigenvalue weighted by atomic mass is 9.88. The Hall–Kier alpha value is -2.36. The van der Waals surface area contributed by atoms with Crippen molar-refractivity contribution in [2.24, 2.45) is 0 Å². The quantitative estimate of drug-likeness (QED) is 0.472. The minimum absolute atomic E-state index is 0.137. The van der Waals surface area contributed by atoms with Crippen LogP contribution in [0, 0.1) is 0 Å². The minimum Gasteiger partial charge on any atom is -0.299 e. The summed E-state index contributed by atoms with van der Waals surface area (Å²) in [5.74, 6) is -0.341. The molecule has 35 heavy (non-hydrogen) atoms. The van der Waals surface area contributed by atoms with Gasteiger partial charge in [0.1, 0.15) is 0 Å². The SMILES string of the molecule is O=C1CCC(N2Cc3ccc(CN4CCC(c5cccc(C(F)(F)F)c5)CC4)cc3C2S)C(=O)N1. The van der Waals surface area contributed by atoms with Crippen LogP contribution in [0.25, 0.3) is 0 Å². The second-order valence-electron chi connectivity index (χ2n) is 9.72. The predicted molar refractivity (Wildman–Crippen MR) is 129 cm³/mol. The van der Waals surface area contributed by atoms with Crippen molar-refractivity contribution in [2.75, 3.05) is 13.1 Å². The van der Waals surface area contributed by atoms with Gasteiger partial charge in [-0.15, -0.1) is 0 Å². The van der Waals surface area contributed by atoms with E-state index in [2.05, 4.69) is 28.4 Å². The Labute approximate surface area is 208 Å². The maximum absolute atomic E-state index is 13.1. The molecule has 2 aromatic rings. The molecule has 2 unspecified atom stereocenters. The van der Waals surface area contributed by atoms with E-state index in [1.54, 1.807) is 6.07 Å². The zero-order valence-corrected chi connectivity index (χ0v) is 20.1. The second kappa shape index (κ2) is 9.59. The van der Waals surface area contributed by atoms with Crippen LogP contribution in [0.3, 0.4) is 0 Å². The van der Waals surface area contributed by atoms with Crippen LogP contribution in [0.1, 0.15) is 64.8 Å². The first-order chi connectivity index (χ1) is 16.7. The van der Waals surface area contributed by atoms with Crippen LogP contribution in [0.5, 0.6) is 0 Å². The number of hydrogen-bond donors (Lipinski definition) is 2. The van der Waals surface area contributed by atoms with Gasteiger partial charge in [-0.25, -0.2) is 0 Å². The van der Waals surface area contributed by atoms with E-state index in [0.717, 1.165) is 60.8 Å². The number of halogens is 3.